The smallest absolute Gasteiger partial charge is 0.280 e. The average Bonchev–Trinajstić information content (AvgIpc) is 2.71. The number of nitrogens with two attached hydrogens (primary N) is 1. The zero-order chi connectivity index (χ0) is 17.3. The van der Waals surface area contributed by atoms with E-state index in [1.165, 1.54) is 4.90 Å². The zero-order valence-corrected chi connectivity index (χ0v) is 13.8. The first-order valence-electron chi connectivity index (χ1n) is 6.97. The Morgan fingerprint density at radius 2 is 1.92 bits per heavy atom. The topological polar surface area (TPSA) is 87.8 Å². The van der Waals surface area contributed by atoms with Crippen molar-refractivity contribution in [1.29, 1.82) is 0 Å². The number of hydrogen-bond donors (Lipinski definition) is 2. The Hall–Kier alpha value is -2.41. The van der Waals surface area contributed by atoms with Gasteiger partial charge < -0.3 is 0 Å². The van der Waals surface area contributed by atoms with Crippen molar-refractivity contribution < 1.29 is 9.59 Å². The molecule has 0 radical (unpaired) electrons. The number of hydrazine groups is 1. The number of amides is 2. The quantitative estimate of drug-likeness (QED) is 0.488. The number of hydrogen-bond acceptors (Lipinski definition) is 4. The molecule has 1 heterocycles. The van der Waals surface area contributed by atoms with Crippen molar-refractivity contribution in [2.75, 3.05) is 4.90 Å². The SMILES string of the molecule is NNC(=O)C1=Nc2ccc(Cl)cc2N(c2ccccc2Cl)C(=O)C1. The Kier molecular flexibility index (Phi) is 4.53. The van der Waals surface area contributed by atoms with E-state index in [4.69, 9.17) is 29.0 Å². The number of fused-ring (bicyclic) bond motifs is 1. The highest BCUT2D eigenvalue weighted by molar-refractivity contribution is 6.44. The van der Waals surface area contributed by atoms with Gasteiger partial charge in [-0.1, -0.05) is 35.3 Å². The van der Waals surface area contributed by atoms with Crippen LogP contribution in [-0.4, -0.2) is 17.5 Å². The number of nitrogens with one attached hydrogen (secondary N) is 1. The molecule has 3 rings (SSSR count). The second-order valence-electron chi connectivity index (χ2n) is 5.02. The summed E-state index contributed by atoms with van der Waals surface area (Å²) in [6.45, 7) is 0. The number of carbonyl (C=O) groups is 2. The molecule has 0 spiro atoms. The molecule has 0 bridgehead atoms. The van der Waals surface area contributed by atoms with E-state index >= 15 is 0 Å². The van der Waals surface area contributed by atoms with Crippen molar-refractivity contribution in [3.63, 3.8) is 0 Å². The van der Waals surface area contributed by atoms with Gasteiger partial charge in [-0.25, -0.2) is 10.8 Å². The Balaban J connectivity index is 2.21. The van der Waals surface area contributed by atoms with Gasteiger partial charge in [-0.3, -0.25) is 19.9 Å². The van der Waals surface area contributed by atoms with E-state index in [0.29, 0.717) is 27.1 Å². The highest BCUT2D eigenvalue weighted by Gasteiger charge is 2.29. The number of para-hydroxylation sites is 1. The molecular formula is C16H12Cl2N4O2. The molecule has 1 aliphatic heterocycles. The maximum Gasteiger partial charge on any atom is 0.280 e. The normalized spacial score (nSPS) is 13.9. The van der Waals surface area contributed by atoms with Crippen molar-refractivity contribution in [3.05, 3.63) is 52.5 Å². The van der Waals surface area contributed by atoms with Crippen molar-refractivity contribution >= 4 is 57.8 Å². The number of nitrogens with zero attached hydrogens (tertiary/aromatic N) is 2. The summed E-state index contributed by atoms with van der Waals surface area (Å²) in [6.07, 6.45) is -0.222. The number of halogens is 2. The zero-order valence-electron chi connectivity index (χ0n) is 12.3. The third-order valence-electron chi connectivity index (χ3n) is 3.49. The molecule has 0 fully saturated rings. The maximum atomic E-state index is 12.8. The van der Waals surface area contributed by atoms with Gasteiger partial charge >= 0.3 is 0 Å². The van der Waals surface area contributed by atoms with Gasteiger partial charge in [0.15, 0.2) is 0 Å². The molecule has 1 aliphatic rings. The highest BCUT2D eigenvalue weighted by Crippen LogP contribution is 2.41. The van der Waals surface area contributed by atoms with Crippen molar-refractivity contribution in [1.82, 2.24) is 5.43 Å². The van der Waals surface area contributed by atoms with Gasteiger partial charge in [-0.05, 0) is 30.3 Å². The van der Waals surface area contributed by atoms with Crippen LogP contribution in [0.4, 0.5) is 17.1 Å². The molecule has 24 heavy (non-hydrogen) atoms. The molecule has 3 N–H and O–H groups in total. The van der Waals surface area contributed by atoms with E-state index in [2.05, 4.69) is 4.99 Å². The van der Waals surface area contributed by atoms with Crippen LogP contribution in [0, 0.1) is 0 Å². The Morgan fingerprint density at radius 1 is 1.17 bits per heavy atom. The predicted octanol–water partition coefficient (Wildman–Crippen LogP) is 3.12. The van der Waals surface area contributed by atoms with Crippen molar-refractivity contribution in [2.45, 2.75) is 6.42 Å². The van der Waals surface area contributed by atoms with Crippen LogP contribution in [0.2, 0.25) is 10.0 Å². The Bertz CT molecular complexity index is 867. The van der Waals surface area contributed by atoms with E-state index in [1.54, 1.807) is 42.5 Å². The molecule has 122 valence electrons. The summed E-state index contributed by atoms with van der Waals surface area (Å²) in [5.41, 5.74) is 3.36. The lowest BCUT2D eigenvalue weighted by Crippen LogP contribution is -2.38. The molecule has 6 nitrogen and oxygen atoms in total. The number of carbonyl (C=O) groups excluding carboxylic acids is 2. The molecule has 0 atom stereocenters. The van der Waals surface area contributed by atoms with E-state index in [-0.39, 0.29) is 18.0 Å². The van der Waals surface area contributed by atoms with Crippen LogP contribution in [0.15, 0.2) is 47.5 Å². The summed E-state index contributed by atoms with van der Waals surface area (Å²) in [6, 6.07) is 11.8. The first-order chi connectivity index (χ1) is 11.5. The summed E-state index contributed by atoms with van der Waals surface area (Å²) in [4.78, 5) is 30.3. The molecule has 0 aromatic heterocycles. The van der Waals surface area contributed by atoms with E-state index in [1.807, 2.05) is 5.43 Å². The minimum Gasteiger partial charge on any atom is -0.289 e. The van der Waals surface area contributed by atoms with Crippen molar-refractivity contribution in [3.8, 4) is 0 Å². The van der Waals surface area contributed by atoms with Crippen LogP contribution in [-0.2, 0) is 9.59 Å². The molecule has 0 unspecified atom stereocenters. The summed E-state index contributed by atoms with van der Waals surface area (Å²) < 4.78 is 0. The van der Waals surface area contributed by atoms with Gasteiger partial charge in [0.05, 0.1) is 28.5 Å². The van der Waals surface area contributed by atoms with Gasteiger partial charge in [-0.2, -0.15) is 0 Å². The predicted molar refractivity (Wildman–Crippen MR) is 94.1 cm³/mol. The van der Waals surface area contributed by atoms with Gasteiger partial charge in [0.2, 0.25) is 5.91 Å². The highest BCUT2D eigenvalue weighted by atomic mass is 35.5. The number of anilines is 2. The maximum absolute atomic E-state index is 12.8. The van der Waals surface area contributed by atoms with Crippen LogP contribution < -0.4 is 16.2 Å². The largest absolute Gasteiger partial charge is 0.289 e. The number of aliphatic imine (C=N–C) groups is 1. The summed E-state index contributed by atoms with van der Waals surface area (Å²) in [5.74, 6) is 4.18. The first-order valence-corrected chi connectivity index (χ1v) is 7.72. The fourth-order valence-corrected chi connectivity index (χ4v) is 2.81. The fraction of sp³-hybridized carbons (Fsp3) is 0.0625. The van der Waals surface area contributed by atoms with E-state index in [9.17, 15) is 9.59 Å². The lowest BCUT2D eigenvalue weighted by molar-refractivity contribution is -0.118. The number of rotatable bonds is 2. The summed E-state index contributed by atoms with van der Waals surface area (Å²) in [5, 5.41) is 0.823. The minimum atomic E-state index is -0.620. The monoisotopic (exact) mass is 362 g/mol. The molecule has 0 saturated heterocycles. The van der Waals surface area contributed by atoms with Crippen LogP contribution in [0.3, 0.4) is 0 Å². The third-order valence-corrected chi connectivity index (χ3v) is 4.04. The van der Waals surface area contributed by atoms with E-state index < -0.39 is 5.91 Å². The molecule has 2 aromatic carbocycles. The molecule has 0 saturated carbocycles. The second kappa shape index (κ2) is 6.60. The first kappa shape index (κ1) is 16.4. The average molecular weight is 363 g/mol. The van der Waals surface area contributed by atoms with Gasteiger partial charge in [0.25, 0.3) is 5.91 Å². The van der Waals surface area contributed by atoms with Crippen LogP contribution in [0.25, 0.3) is 0 Å². The molecule has 8 heteroatoms. The molecule has 0 aliphatic carbocycles. The number of benzene rings is 2. The van der Waals surface area contributed by atoms with Gasteiger partial charge in [0, 0.05) is 5.02 Å². The van der Waals surface area contributed by atoms with Gasteiger partial charge in [0.1, 0.15) is 5.71 Å². The van der Waals surface area contributed by atoms with E-state index in [0.717, 1.165) is 0 Å². The van der Waals surface area contributed by atoms with Crippen LogP contribution in [0.5, 0.6) is 0 Å². The second-order valence-corrected chi connectivity index (χ2v) is 5.87. The molecule has 2 aromatic rings. The molecular weight excluding hydrogens is 351 g/mol. The Labute approximate surface area is 147 Å². The standard InChI is InChI=1S/C16H12Cl2N4O2/c17-9-5-6-11-14(7-9)22(13-4-2-1-3-10(13)18)15(23)8-12(20-11)16(24)21-19/h1-7H,8,19H2,(H,21,24). The summed E-state index contributed by atoms with van der Waals surface area (Å²) >= 11 is 12.3. The van der Waals surface area contributed by atoms with Crippen LogP contribution >= 0.6 is 23.2 Å². The minimum absolute atomic E-state index is 0.0145. The van der Waals surface area contributed by atoms with Gasteiger partial charge in [-0.15, -0.1) is 0 Å². The fourth-order valence-electron chi connectivity index (χ4n) is 2.42. The van der Waals surface area contributed by atoms with Crippen LogP contribution in [0.1, 0.15) is 6.42 Å². The van der Waals surface area contributed by atoms with Crippen molar-refractivity contribution in [2.24, 2.45) is 10.8 Å². The lowest BCUT2D eigenvalue weighted by atomic mass is 10.2. The molecule has 2 amide bonds. The lowest BCUT2D eigenvalue weighted by Gasteiger charge is -2.23. The Morgan fingerprint density at radius 3 is 2.62 bits per heavy atom. The third kappa shape index (κ3) is 2.99. The summed E-state index contributed by atoms with van der Waals surface area (Å²) in [7, 11) is 0.